The highest BCUT2D eigenvalue weighted by molar-refractivity contribution is 5.85. The van der Waals surface area contributed by atoms with Gasteiger partial charge in [-0.3, -0.25) is 14.4 Å². The van der Waals surface area contributed by atoms with E-state index in [1.165, 1.54) is 116 Å². The second-order valence-corrected chi connectivity index (χ2v) is 13.1. The molecule has 0 fully saturated rings. The molecule has 0 aliphatic rings. The standard InChI is InChI=1S/C39H73NO4/c1-5-8-10-12-14-16-18-20-22-24-26-28-30-32-36(35(4)41)34-37(42)40-38(7-3)44-39(43)33-31-29-27-25-23-21-19-17-15-13-11-9-6-2/h20,22,36,38H,5-19,21,23-34H2,1-4H3,(H,40,42)/b22-20-. The first-order valence-electron chi connectivity index (χ1n) is 19.1. The molecule has 5 nitrogen and oxygen atoms in total. The maximum Gasteiger partial charge on any atom is 0.307 e. The molecule has 0 heterocycles. The summed E-state index contributed by atoms with van der Waals surface area (Å²) in [7, 11) is 0. The Balaban J connectivity index is 3.94. The van der Waals surface area contributed by atoms with E-state index in [0.717, 1.165) is 44.9 Å². The van der Waals surface area contributed by atoms with Gasteiger partial charge in [-0.05, 0) is 45.4 Å². The Labute approximate surface area is 273 Å². The maximum absolute atomic E-state index is 12.7. The third kappa shape index (κ3) is 29.1. The molecule has 0 aromatic heterocycles. The van der Waals surface area contributed by atoms with Gasteiger partial charge < -0.3 is 10.1 Å². The van der Waals surface area contributed by atoms with Gasteiger partial charge in [-0.1, -0.05) is 155 Å². The van der Waals surface area contributed by atoms with Gasteiger partial charge in [0.25, 0.3) is 0 Å². The summed E-state index contributed by atoms with van der Waals surface area (Å²) < 4.78 is 5.54. The summed E-state index contributed by atoms with van der Waals surface area (Å²) in [5.41, 5.74) is 0. The summed E-state index contributed by atoms with van der Waals surface area (Å²) in [5.74, 6) is -0.656. The van der Waals surface area contributed by atoms with Crippen molar-refractivity contribution in [3.63, 3.8) is 0 Å². The van der Waals surface area contributed by atoms with Crippen molar-refractivity contribution in [2.24, 2.45) is 5.92 Å². The van der Waals surface area contributed by atoms with Gasteiger partial charge in [0.05, 0.1) is 0 Å². The van der Waals surface area contributed by atoms with E-state index in [9.17, 15) is 14.4 Å². The summed E-state index contributed by atoms with van der Waals surface area (Å²) in [6.07, 6.45) is 35.8. The number of hydrogen-bond acceptors (Lipinski definition) is 4. The lowest BCUT2D eigenvalue weighted by atomic mass is 9.93. The SMILES string of the molecule is CCCCCCCC/C=C\CCCCCC(CC(=O)NC(CC)OC(=O)CCCCCCCCCCCCCCC)C(C)=O. The molecule has 0 spiro atoms. The molecule has 0 aliphatic heterocycles. The minimum atomic E-state index is -0.618. The van der Waals surface area contributed by atoms with Crippen LogP contribution in [0, 0.1) is 5.92 Å². The monoisotopic (exact) mass is 620 g/mol. The van der Waals surface area contributed by atoms with Crippen LogP contribution in [-0.4, -0.2) is 23.9 Å². The molecule has 258 valence electrons. The van der Waals surface area contributed by atoms with E-state index in [1.807, 2.05) is 6.92 Å². The van der Waals surface area contributed by atoms with Crippen molar-refractivity contribution in [3.8, 4) is 0 Å². The van der Waals surface area contributed by atoms with Crippen LogP contribution in [0.25, 0.3) is 0 Å². The van der Waals surface area contributed by atoms with Gasteiger partial charge in [0.2, 0.25) is 5.91 Å². The highest BCUT2D eigenvalue weighted by Gasteiger charge is 2.21. The first-order valence-corrected chi connectivity index (χ1v) is 19.1. The Morgan fingerprint density at radius 1 is 0.591 bits per heavy atom. The van der Waals surface area contributed by atoms with Gasteiger partial charge in [0.1, 0.15) is 5.78 Å². The van der Waals surface area contributed by atoms with Crippen LogP contribution in [0.4, 0.5) is 0 Å². The van der Waals surface area contributed by atoms with Crippen molar-refractivity contribution in [2.45, 2.75) is 214 Å². The molecule has 0 radical (unpaired) electrons. The number of carbonyl (C=O) groups excluding carboxylic acids is 3. The number of carbonyl (C=O) groups is 3. The van der Waals surface area contributed by atoms with Crippen LogP contribution < -0.4 is 5.32 Å². The van der Waals surface area contributed by atoms with Gasteiger partial charge in [0, 0.05) is 25.2 Å². The molecule has 44 heavy (non-hydrogen) atoms. The molecule has 0 aliphatic carbocycles. The van der Waals surface area contributed by atoms with Gasteiger partial charge in [-0.25, -0.2) is 0 Å². The van der Waals surface area contributed by atoms with E-state index in [0.29, 0.717) is 12.8 Å². The third-order valence-electron chi connectivity index (χ3n) is 8.77. The first-order chi connectivity index (χ1) is 21.4. The van der Waals surface area contributed by atoms with Crippen molar-refractivity contribution in [1.82, 2.24) is 5.32 Å². The van der Waals surface area contributed by atoms with Crippen molar-refractivity contribution >= 4 is 17.7 Å². The Bertz CT molecular complexity index is 704. The average molecular weight is 620 g/mol. The minimum absolute atomic E-state index is 0.0615. The molecule has 0 bridgehead atoms. The number of nitrogens with one attached hydrogen (secondary N) is 1. The number of amides is 1. The minimum Gasteiger partial charge on any atom is -0.442 e. The van der Waals surface area contributed by atoms with Crippen molar-refractivity contribution < 1.29 is 19.1 Å². The average Bonchev–Trinajstić information content (AvgIpc) is 3.00. The fourth-order valence-electron chi connectivity index (χ4n) is 5.74. The molecule has 2 unspecified atom stereocenters. The lowest BCUT2D eigenvalue weighted by Gasteiger charge is -2.20. The Morgan fingerprint density at radius 2 is 1.02 bits per heavy atom. The summed E-state index contributed by atoms with van der Waals surface area (Å²) in [4.78, 5) is 37.2. The quantitative estimate of drug-likeness (QED) is 0.0343. The van der Waals surface area contributed by atoms with Crippen LogP contribution in [0.5, 0.6) is 0 Å². The van der Waals surface area contributed by atoms with Gasteiger partial charge in [-0.2, -0.15) is 0 Å². The predicted octanol–water partition coefficient (Wildman–Crippen LogP) is 11.7. The molecular formula is C39H73NO4. The molecule has 5 heteroatoms. The number of hydrogen-bond donors (Lipinski definition) is 1. The van der Waals surface area contributed by atoms with E-state index in [1.54, 1.807) is 6.92 Å². The molecule has 1 N–H and O–H groups in total. The predicted molar refractivity (Wildman–Crippen MR) is 188 cm³/mol. The van der Waals surface area contributed by atoms with Crippen LogP contribution >= 0.6 is 0 Å². The van der Waals surface area contributed by atoms with E-state index in [-0.39, 0.29) is 30.0 Å². The zero-order valence-corrected chi connectivity index (χ0v) is 29.7. The lowest BCUT2D eigenvalue weighted by Crippen LogP contribution is -2.39. The third-order valence-corrected chi connectivity index (χ3v) is 8.77. The van der Waals surface area contributed by atoms with Crippen LogP contribution in [0.2, 0.25) is 0 Å². The number of unbranched alkanes of at least 4 members (excludes halogenated alkanes) is 21. The normalized spacial score (nSPS) is 12.8. The highest BCUT2D eigenvalue weighted by atomic mass is 16.6. The molecule has 2 atom stereocenters. The van der Waals surface area contributed by atoms with Crippen molar-refractivity contribution in [3.05, 3.63) is 12.2 Å². The fourth-order valence-corrected chi connectivity index (χ4v) is 5.74. The van der Waals surface area contributed by atoms with Gasteiger partial charge in [0.15, 0.2) is 6.23 Å². The molecule has 0 saturated carbocycles. The number of esters is 1. The summed E-state index contributed by atoms with van der Waals surface area (Å²) in [6.45, 7) is 7.99. The lowest BCUT2D eigenvalue weighted by molar-refractivity contribution is -0.152. The summed E-state index contributed by atoms with van der Waals surface area (Å²) in [5, 5.41) is 2.84. The molecule has 0 saturated heterocycles. The number of allylic oxidation sites excluding steroid dienone is 2. The van der Waals surface area contributed by atoms with Crippen molar-refractivity contribution in [1.29, 1.82) is 0 Å². The van der Waals surface area contributed by atoms with Gasteiger partial charge in [-0.15, -0.1) is 0 Å². The van der Waals surface area contributed by atoms with E-state index < -0.39 is 6.23 Å². The zero-order chi connectivity index (χ0) is 32.5. The van der Waals surface area contributed by atoms with E-state index >= 15 is 0 Å². The van der Waals surface area contributed by atoms with E-state index in [4.69, 9.17) is 4.74 Å². The fraction of sp³-hybridized carbons (Fsp3) is 0.872. The second kappa shape index (κ2) is 32.7. The topological polar surface area (TPSA) is 72.5 Å². The Hall–Kier alpha value is -1.65. The van der Waals surface area contributed by atoms with Crippen LogP contribution in [0.1, 0.15) is 207 Å². The Morgan fingerprint density at radius 3 is 1.48 bits per heavy atom. The summed E-state index contributed by atoms with van der Waals surface area (Å²) >= 11 is 0. The number of ketones is 1. The smallest absolute Gasteiger partial charge is 0.307 e. The Kier molecular flexibility index (Phi) is 31.5. The molecule has 0 aromatic rings. The largest absolute Gasteiger partial charge is 0.442 e. The molecular weight excluding hydrogens is 546 g/mol. The van der Waals surface area contributed by atoms with Gasteiger partial charge >= 0.3 is 5.97 Å². The zero-order valence-electron chi connectivity index (χ0n) is 29.7. The number of Topliss-reactive ketones (excluding diaryl/α,β-unsaturated/α-hetero) is 1. The second-order valence-electron chi connectivity index (χ2n) is 13.1. The number of ether oxygens (including phenoxy) is 1. The van der Waals surface area contributed by atoms with Crippen molar-refractivity contribution in [2.75, 3.05) is 0 Å². The molecule has 0 aromatic carbocycles. The maximum atomic E-state index is 12.7. The van der Waals surface area contributed by atoms with E-state index in [2.05, 4.69) is 31.3 Å². The highest BCUT2D eigenvalue weighted by Crippen LogP contribution is 2.17. The van der Waals surface area contributed by atoms with Crippen LogP contribution in [0.15, 0.2) is 12.2 Å². The summed E-state index contributed by atoms with van der Waals surface area (Å²) in [6, 6.07) is 0. The number of rotatable bonds is 33. The van der Waals surface area contributed by atoms with Crippen LogP contribution in [0.3, 0.4) is 0 Å². The first kappa shape index (κ1) is 42.3. The molecule has 0 rings (SSSR count). The van der Waals surface area contributed by atoms with Crippen LogP contribution in [-0.2, 0) is 19.1 Å². The molecule has 1 amide bonds.